The normalized spacial score (nSPS) is 35.3. The van der Waals surface area contributed by atoms with E-state index in [0.717, 1.165) is 44.9 Å². The predicted molar refractivity (Wildman–Crippen MR) is 74.7 cm³/mol. The molecule has 0 aromatic carbocycles. The van der Waals surface area contributed by atoms with Crippen molar-refractivity contribution in [3.8, 4) is 0 Å². The summed E-state index contributed by atoms with van der Waals surface area (Å²) in [5.41, 5.74) is 0. The lowest BCUT2D eigenvalue weighted by Gasteiger charge is -2.29. The summed E-state index contributed by atoms with van der Waals surface area (Å²) >= 11 is 0. The van der Waals surface area contributed by atoms with Gasteiger partial charge in [0.1, 0.15) is 6.10 Å². The predicted octanol–water partition coefficient (Wildman–Crippen LogP) is 3.44. The summed E-state index contributed by atoms with van der Waals surface area (Å²) in [6.45, 7) is 2.20. The minimum absolute atomic E-state index is 0.0375. The zero-order chi connectivity index (χ0) is 13.7. The third-order valence-corrected chi connectivity index (χ3v) is 4.83. The molecule has 1 N–H and O–H groups in total. The van der Waals surface area contributed by atoms with E-state index in [1.54, 1.807) is 0 Å². The van der Waals surface area contributed by atoms with Crippen LogP contribution in [0.2, 0.25) is 0 Å². The quantitative estimate of drug-likeness (QED) is 0.777. The first kappa shape index (κ1) is 14.8. The molecule has 2 fully saturated rings. The monoisotopic (exact) mass is 268 g/mol. The number of unbranched alkanes of at least 4 members (excludes halogenated alkanes) is 1. The van der Waals surface area contributed by atoms with E-state index in [4.69, 9.17) is 4.74 Å². The topological polar surface area (TPSA) is 46.5 Å². The van der Waals surface area contributed by atoms with E-state index in [1.165, 1.54) is 19.3 Å². The number of carbonyl (C=O) groups excluding carboxylic acids is 1. The summed E-state index contributed by atoms with van der Waals surface area (Å²) < 4.78 is 5.61. The Kier molecular flexibility index (Phi) is 5.68. The van der Waals surface area contributed by atoms with Gasteiger partial charge in [0.15, 0.2) is 0 Å². The Bertz CT molecular complexity index is 290. The summed E-state index contributed by atoms with van der Waals surface area (Å²) in [6.07, 6.45) is 9.92. The number of ether oxygens (including phenoxy) is 1. The molecule has 0 aromatic rings. The highest BCUT2D eigenvalue weighted by molar-refractivity contribution is 5.73. The minimum Gasteiger partial charge on any atom is -0.459 e. The van der Waals surface area contributed by atoms with Crippen LogP contribution in [0.15, 0.2) is 0 Å². The molecule has 0 amide bonds. The molecule has 0 saturated heterocycles. The molecule has 2 aliphatic carbocycles. The molecule has 0 unspecified atom stereocenters. The molecule has 0 bridgehead atoms. The average molecular weight is 268 g/mol. The molecule has 0 aromatic heterocycles. The summed E-state index contributed by atoms with van der Waals surface area (Å²) in [5, 5.41) is 9.89. The number of hydrogen-bond donors (Lipinski definition) is 1. The van der Waals surface area contributed by atoms with Crippen molar-refractivity contribution >= 4 is 5.97 Å². The first-order valence-corrected chi connectivity index (χ1v) is 8.11. The van der Waals surface area contributed by atoms with Gasteiger partial charge in [-0.15, -0.1) is 0 Å². The Hall–Kier alpha value is -0.570. The molecule has 4 atom stereocenters. The highest BCUT2D eigenvalue weighted by atomic mass is 16.6. The standard InChI is InChI=1S/C16H28O3/c1-2-3-7-12-8-6-9-13(12)16(18)19-15-11-5-4-10-14(15)17/h12-15,17H,2-11H2,1H3/t12-,13-,14-,15-/m1/s1. The van der Waals surface area contributed by atoms with Gasteiger partial charge in [-0.25, -0.2) is 0 Å². The second-order valence-electron chi connectivity index (χ2n) is 6.27. The Morgan fingerprint density at radius 2 is 1.95 bits per heavy atom. The van der Waals surface area contributed by atoms with Crippen LogP contribution < -0.4 is 0 Å². The van der Waals surface area contributed by atoms with Gasteiger partial charge in [0, 0.05) is 0 Å². The first-order chi connectivity index (χ1) is 9.22. The van der Waals surface area contributed by atoms with Gasteiger partial charge >= 0.3 is 5.97 Å². The lowest BCUT2D eigenvalue weighted by atomic mass is 9.90. The molecule has 3 nitrogen and oxygen atoms in total. The molecule has 2 aliphatic rings. The van der Waals surface area contributed by atoms with Crippen molar-refractivity contribution in [2.45, 2.75) is 83.3 Å². The van der Waals surface area contributed by atoms with Crippen LogP contribution in [0.1, 0.15) is 71.1 Å². The smallest absolute Gasteiger partial charge is 0.309 e. The van der Waals surface area contributed by atoms with Gasteiger partial charge in [-0.1, -0.05) is 32.6 Å². The second-order valence-corrected chi connectivity index (χ2v) is 6.27. The van der Waals surface area contributed by atoms with Crippen molar-refractivity contribution < 1.29 is 14.6 Å². The van der Waals surface area contributed by atoms with Crippen molar-refractivity contribution in [2.24, 2.45) is 11.8 Å². The van der Waals surface area contributed by atoms with Crippen molar-refractivity contribution in [3.05, 3.63) is 0 Å². The van der Waals surface area contributed by atoms with Crippen LogP contribution in [0.4, 0.5) is 0 Å². The highest BCUT2D eigenvalue weighted by Gasteiger charge is 2.36. The van der Waals surface area contributed by atoms with Crippen molar-refractivity contribution in [1.29, 1.82) is 0 Å². The fourth-order valence-electron chi connectivity index (χ4n) is 3.61. The zero-order valence-electron chi connectivity index (χ0n) is 12.1. The number of aliphatic hydroxyl groups is 1. The summed E-state index contributed by atoms with van der Waals surface area (Å²) in [7, 11) is 0. The Morgan fingerprint density at radius 3 is 2.68 bits per heavy atom. The third-order valence-electron chi connectivity index (χ3n) is 4.83. The largest absolute Gasteiger partial charge is 0.459 e. The Labute approximate surface area is 116 Å². The van der Waals surface area contributed by atoms with Gasteiger partial charge in [-0.3, -0.25) is 4.79 Å². The molecule has 3 heteroatoms. The van der Waals surface area contributed by atoms with Gasteiger partial charge < -0.3 is 9.84 Å². The number of hydrogen-bond acceptors (Lipinski definition) is 3. The van der Waals surface area contributed by atoms with Gasteiger partial charge in [0.25, 0.3) is 0 Å². The maximum absolute atomic E-state index is 12.3. The van der Waals surface area contributed by atoms with Crippen molar-refractivity contribution in [3.63, 3.8) is 0 Å². The molecule has 110 valence electrons. The number of aliphatic hydroxyl groups excluding tert-OH is 1. The van der Waals surface area contributed by atoms with E-state index < -0.39 is 6.10 Å². The number of esters is 1. The fraction of sp³-hybridized carbons (Fsp3) is 0.938. The van der Waals surface area contributed by atoms with Gasteiger partial charge in [-0.2, -0.15) is 0 Å². The van der Waals surface area contributed by atoms with Gasteiger partial charge in [0.2, 0.25) is 0 Å². The van der Waals surface area contributed by atoms with E-state index in [2.05, 4.69) is 6.92 Å². The van der Waals surface area contributed by atoms with E-state index in [1.807, 2.05) is 0 Å². The average Bonchev–Trinajstić information content (AvgIpc) is 2.87. The van der Waals surface area contributed by atoms with E-state index in [0.29, 0.717) is 5.92 Å². The van der Waals surface area contributed by atoms with Crippen molar-refractivity contribution in [1.82, 2.24) is 0 Å². The minimum atomic E-state index is -0.437. The fourth-order valence-corrected chi connectivity index (χ4v) is 3.61. The molecule has 0 heterocycles. The summed E-state index contributed by atoms with van der Waals surface area (Å²) in [5.74, 6) is 0.582. The van der Waals surface area contributed by atoms with Gasteiger partial charge in [0.05, 0.1) is 12.0 Å². The molecule has 0 radical (unpaired) electrons. The molecule has 0 aliphatic heterocycles. The van der Waals surface area contributed by atoms with Crippen LogP contribution in [0.3, 0.4) is 0 Å². The summed E-state index contributed by atoms with van der Waals surface area (Å²) in [6, 6.07) is 0. The second kappa shape index (κ2) is 7.28. The third kappa shape index (κ3) is 3.95. The molecule has 2 rings (SSSR count). The lowest BCUT2D eigenvalue weighted by molar-refractivity contribution is -0.163. The molecule has 19 heavy (non-hydrogen) atoms. The van der Waals surface area contributed by atoms with E-state index in [-0.39, 0.29) is 18.0 Å². The van der Waals surface area contributed by atoms with E-state index >= 15 is 0 Å². The molecular formula is C16H28O3. The number of carbonyl (C=O) groups is 1. The van der Waals surface area contributed by atoms with E-state index in [9.17, 15) is 9.90 Å². The van der Waals surface area contributed by atoms with Crippen LogP contribution >= 0.6 is 0 Å². The molecular weight excluding hydrogens is 240 g/mol. The van der Waals surface area contributed by atoms with Crippen LogP contribution in [-0.4, -0.2) is 23.3 Å². The lowest BCUT2D eigenvalue weighted by Crippen LogP contribution is -2.36. The summed E-state index contributed by atoms with van der Waals surface area (Å²) in [4.78, 5) is 12.3. The van der Waals surface area contributed by atoms with Crippen LogP contribution in [0, 0.1) is 11.8 Å². The SMILES string of the molecule is CCCC[C@@H]1CCC[C@H]1C(=O)O[C@@H]1CCCC[C@H]1O. The maximum atomic E-state index is 12.3. The number of rotatable bonds is 5. The first-order valence-electron chi connectivity index (χ1n) is 8.11. The van der Waals surface area contributed by atoms with Crippen LogP contribution in [0.25, 0.3) is 0 Å². The van der Waals surface area contributed by atoms with Gasteiger partial charge in [-0.05, 0) is 44.4 Å². The highest BCUT2D eigenvalue weighted by Crippen LogP contribution is 2.37. The van der Waals surface area contributed by atoms with Crippen LogP contribution in [0.5, 0.6) is 0 Å². The Balaban J connectivity index is 1.84. The van der Waals surface area contributed by atoms with Crippen LogP contribution in [-0.2, 0) is 9.53 Å². The Morgan fingerprint density at radius 1 is 1.16 bits per heavy atom. The molecule has 0 spiro atoms. The maximum Gasteiger partial charge on any atom is 0.309 e. The molecule has 2 saturated carbocycles. The van der Waals surface area contributed by atoms with Crippen molar-refractivity contribution in [2.75, 3.05) is 0 Å². The zero-order valence-corrected chi connectivity index (χ0v) is 12.1.